The first-order chi connectivity index (χ1) is 14.7. The molecule has 0 radical (unpaired) electrons. The summed E-state index contributed by atoms with van der Waals surface area (Å²) in [6, 6.07) is 9.14. The van der Waals surface area contributed by atoms with E-state index in [0.29, 0.717) is 23.8 Å². The van der Waals surface area contributed by atoms with Gasteiger partial charge in [-0.05, 0) is 42.7 Å². The highest BCUT2D eigenvalue weighted by atomic mass is 16.5. The first kappa shape index (κ1) is 19.8. The van der Waals surface area contributed by atoms with Gasteiger partial charge in [-0.1, -0.05) is 6.07 Å². The molecule has 1 saturated heterocycles. The smallest absolute Gasteiger partial charge is 0.261 e. The maximum atomic E-state index is 13.0. The van der Waals surface area contributed by atoms with Gasteiger partial charge in [-0.15, -0.1) is 0 Å². The summed E-state index contributed by atoms with van der Waals surface area (Å²) >= 11 is 0. The van der Waals surface area contributed by atoms with E-state index in [-0.39, 0.29) is 18.6 Å². The molecule has 156 valence electrons. The number of methoxy groups -OCH3 is 2. The lowest BCUT2D eigenvalue weighted by molar-refractivity contribution is -0.134. The normalized spacial score (nSPS) is 15.8. The number of rotatable bonds is 7. The number of aromatic amines is 1. The van der Waals surface area contributed by atoms with Crippen LogP contribution in [0.25, 0.3) is 11.1 Å². The molecule has 1 aliphatic rings. The van der Waals surface area contributed by atoms with E-state index in [0.717, 1.165) is 29.7 Å². The quantitative estimate of drug-likeness (QED) is 0.646. The molecule has 0 saturated carbocycles. The molecule has 0 spiro atoms. The Kier molecular flexibility index (Phi) is 5.83. The number of benzene rings is 1. The van der Waals surface area contributed by atoms with Gasteiger partial charge in [-0.2, -0.15) is 5.10 Å². The lowest BCUT2D eigenvalue weighted by Crippen LogP contribution is -2.34. The van der Waals surface area contributed by atoms with Crippen LogP contribution in [-0.2, 0) is 4.79 Å². The maximum Gasteiger partial charge on any atom is 0.261 e. The third-order valence-corrected chi connectivity index (χ3v) is 5.29. The van der Waals surface area contributed by atoms with Crippen molar-refractivity contribution in [2.45, 2.75) is 18.9 Å². The van der Waals surface area contributed by atoms with Gasteiger partial charge >= 0.3 is 0 Å². The van der Waals surface area contributed by atoms with Gasteiger partial charge in [0.05, 0.1) is 32.2 Å². The van der Waals surface area contributed by atoms with Gasteiger partial charge < -0.3 is 19.1 Å². The Labute approximate surface area is 174 Å². The van der Waals surface area contributed by atoms with Crippen LogP contribution in [0, 0.1) is 0 Å². The molecule has 1 fully saturated rings. The standard InChI is InChI=1S/C22H24N4O4/c1-28-18-6-3-7-19(29-2)22(18)30-14-20(27)26-12-4-5-17(26)21-16(13-24-25-21)15-8-10-23-11-9-15/h3,6-11,13,17H,4-5,12,14H2,1-2H3,(H,24,25)/t17-/m0/s1. The Morgan fingerprint density at radius 3 is 2.60 bits per heavy atom. The largest absolute Gasteiger partial charge is 0.493 e. The monoisotopic (exact) mass is 408 g/mol. The Balaban J connectivity index is 1.52. The fraction of sp³-hybridized carbons (Fsp3) is 0.318. The fourth-order valence-electron chi connectivity index (χ4n) is 3.85. The van der Waals surface area contributed by atoms with E-state index in [1.165, 1.54) is 0 Å². The van der Waals surface area contributed by atoms with E-state index < -0.39 is 0 Å². The van der Waals surface area contributed by atoms with E-state index in [1.54, 1.807) is 44.9 Å². The first-order valence-electron chi connectivity index (χ1n) is 9.80. The van der Waals surface area contributed by atoms with Crippen molar-refractivity contribution < 1.29 is 19.0 Å². The Morgan fingerprint density at radius 2 is 1.90 bits per heavy atom. The number of ether oxygens (including phenoxy) is 3. The molecule has 3 aromatic rings. The van der Waals surface area contributed by atoms with Crippen LogP contribution in [0.5, 0.6) is 17.2 Å². The average Bonchev–Trinajstić information content (AvgIpc) is 3.47. The summed E-state index contributed by atoms with van der Waals surface area (Å²) in [5.74, 6) is 1.37. The third kappa shape index (κ3) is 3.80. The number of amides is 1. The predicted molar refractivity (Wildman–Crippen MR) is 111 cm³/mol. The van der Waals surface area contributed by atoms with E-state index in [9.17, 15) is 4.79 Å². The van der Waals surface area contributed by atoms with Crippen molar-refractivity contribution in [3.05, 3.63) is 54.6 Å². The van der Waals surface area contributed by atoms with Crippen LogP contribution in [0.3, 0.4) is 0 Å². The highest BCUT2D eigenvalue weighted by Gasteiger charge is 2.33. The second kappa shape index (κ2) is 8.86. The highest BCUT2D eigenvalue weighted by molar-refractivity contribution is 5.79. The van der Waals surface area contributed by atoms with Crippen LogP contribution >= 0.6 is 0 Å². The molecule has 2 aromatic heterocycles. The number of nitrogens with one attached hydrogen (secondary N) is 1. The van der Waals surface area contributed by atoms with Gasteiger partial charge in [0.25, 0.3) is 5.91 Å². The van der Waals surface area contributed by atoms with Gasteiger partial charge in [0.2, 0.25) is 5.75 Å². The minimum atomic E-state index is -0.105. The van der Waals surface area contributed by atoms with Crippen molar-refractivity contribution in [2.75, 3.05) is 27.4 Å². The molecule has 1 N–H and O–H groups in total. The van der Waals surface area contributed by atoms with E-state index in [4.69, 9.17) is 14.2 Å². The van der Waals surface area contributed by atoms with Crippen molar-refractivity contribution in [3.8, 4) is 28.4 Å². The second-order valence-electron chi connectivity index (χ2n) is 6.96. The molecule has 1 amide bonds. The minimum Gasteiger partial charge on any atom is -0.493 e. The Bertz CT molecular complexity index is 983. The average molecular weight is 408 g/mol. The summed E-state index contributed by atoms with van der Waals surface area (Å²) < 4.78 is 16.5. The molecule has 3 heterocycles. The van der Waals surface area contributed by atoms with Crippen molar-refractivity contribution >= 4 is 5.91 Å². The first-order valence-corrected chi connectivity index (χ1v) is 9.80. The second-order valence-corrected chi connectivity index (χ2v) is 6.96. The van der Waals surface area contributed by atoms with Gasteiger partial charge in [0.1, 0.15) is 0 Å². The Hall–Kier alpha value is -3.55. The molecule has 8 heteroatoms. The van der Waals surface area contributed by atoms with Crippen molar-refractivity contribution in [1.82, 2.24) is 20.1 Å². The number of carbonyl (C=O) groups is 1. The van der Waals surface area contributed by atoms with Crippen molar-refractivity contribution in [2.24, 2.45) is 0 Å². The van der Waals surface area contributed by atoms with Crippen LogP contribution in [0.15, 0.2) is 48.9 Å². The minimum absolute atomic E-state index is 0.0775. The molecular formula is C22H24N4O4. The molecule has 0 unspecified atom stereocenters. The van der Waals surface area contributed by atoms with Gasteiger partial charge in [0.15, 0.2) is 18.1 Å². The SMILES string of the molecule is COc1cccc(OC)c1OCC(=O)N1CCC[C@H]1c1[nH]ncc1-c1ccncc1. The summed E-state index contributed by atoms with van der Waals surface area (Å²) in [7, 11) is 3.11. The van der Waals surface area contributed by atoms with Crippen LogP contribution in [-0.4, -0.2) is 53.4 Å². The van der Waals surface area contributed by atoms with E-state index >= 15 is 0 Å². The summed E-state index contributed by atoms with van der Waals surface area (Å²) in [5.41, 5.74) is 2.93. The molecule has 1 aromatic carbocycles. The fourth-order valence-corrected chi connectivity index (χ4v) is 3.85. The van der Waals surface area contributed by atoms with Crippen LogP contribution < -0.4 is 14.2 Å². The topological polar surface area (TPSA) is 89.6 Å². The molecule has 4 rings (SSSR count). The number of hydrogen-bond acceptors (Lipinski definition) is 6. The summed E-state index contributed by atoms with van der Waals surface area (Å²) in [5, 5.41) is 7.32. The molecular weight excluding hydrogens is 384 g/mol. The zero-order valence-electron chi connectivity index (χ0n) is 17.0. The number of pyridine rings is 1. The number of H-pyrrole nitrogens is 1. The molecule has 0 aliphatic carbocycles. The van der Waals surface area contributed by atoms with Crippen LogP contribution in [0.2, 0.25) is 0 Å². The Morgan fingerprint density at radius 1 is 1.17 bits per heavy atom. The molecule has 1 aliphatic heterocycles. The number of carbonyl (C=O) groups excluding carboxylic acids is 1. The van der Waals surface area contributed by atoms with Gasteiger partial charge in [0, 0.05) is 24.5 Å². The molecule has 1 atom stereocenters. The lowest BCUT2D eigenvalue weighted by Gasteiger charge is -2.25. The zero-order chi connectivity index (χ0) is 20.9. The van der Waals surface area contributed by atoms with E-state index in [1.807, 2.05) is 23.1 Å². The molecule has 8 nitrogen and oxygen atoms in total. The van der Waals surface area contributed by atoms with Gasteiger partial charge in [-0.3, -0.25) is 14.9 Å². The summed E-state index contributed by atoms with van der Waals surface area (Å²) in [6.07, 6.45) is 7.07. The number of para-hydroxylation sites is 1. The molecule has 0 bridgehead atoms. The van der Waals surface area contributed by atoms with Crippen LogP contribution in [0.4, 0.5) is 0 Å². The zero-order valence-corrected chi connectivity index (χ0v) is 17.0. The van der Waals surface area contributed by atoms with Crippen molar-refractivity contribution in [3.63, 3.8) is 0 Å². The number of aromatic nitrogens is 3. The highest BCUT2D eigenvalue weighted by Crippen LogP contribution is 2.38. The number of hydrogen-bond donors (Lipinski definition) is 1. The van der Waals surface area contributed by atoms with E-state index in [2.05, 4.69) is 15.2 Å². The van der Waals surface area contributed by atoms with Crippen LogP contribution in [0.1, 0.15) is 24.6 Å². The molecule has 30 heavy (non-hydrogen) atoms. The number of nitrogens with zero attached hydrogens (tertiary/aromatic N) is 3. The summed E-state index contributed by atoms with van der Waals surface area (Å²) in [4.78, 5) is 19.0. The summed E-state index contributed by atoms with van der Waals surface area (Å²) in [6.45, 7) is 0.566. The predicted octanol–water partition coefficient (Wildman–Crippen LogP) is 3.23. The lowest BCUT2D eigenvalue weighted by atomic mass is 10.0. The van der Waals surface area contributed by atoms with Crippen molar-refractivity contribution in [1.29, 1.82) is 0 Å². The van der Waals surface area contributed by atoms with Gasteiger partial charge in [-0.25, -0.2) is 0 Å². The third-order valence-electron chi connectivity index (χ3n) is 5.29. The maximum absolute atomic E-state index is 13.0. The number of likely N-dealkylation sites (tertiary alicyclic amines) is 1.